The lowest BCUT2D eigenvalue weighted by Gasteiger charge is -2.23. The molecule has 0 saturated heterocycles. The fraction of sp³-hybridized carbons (Fsp3) is 0.625. The maximum Gasteiger partial charge on any atom is 0.128 e. The lowest BCUT2D eigenvalue weighted by Crippen LogP contribution is -2.35. The number of hydrogen-bond acceptors (Lipinski definition) is 2. The van der Waals surface area contributed by atoms with Gasteiger partial charge in [-0.05, 0) is 38.8 Å². The summed E-state index contributed by atoms with van der Waals surface area (Å²) >= 11 is 1.76. The molecule has 1 nitrogen and oxygen atoms in total. The molecular formula is C16H26FNS. The standard InChI is InChI=1S/C16H26FNS/c1-11(2)12(3)19-15-9-7-8-14(17)13(15)10-18-16(4,5)6/h7-9,11-12,18H,10H2,1-6H3. The van der Waals surface area contributed by atoms with Crippen molar-refractivity contribution < 1.29 is 4.39 Å². The molecule has 0 spiro atoms. The van der Waals surface area contributed by atoms with E-state index in [1.54, 1.807) is 23.9 Å². The fourth-order valence-corrected chi connectivity index (χ4v) is 2.65. The summed E-state index contributed by atoms with van der Waals surface area (Å²) in [5, 5.41) is 3.85. The van der Waals surface area contributed by atoms with E-state index in [0.717, 1.165) is 10.5 Å². The van der Waals surface area contributed by atoms with E-state index in [-0.39, 0.29) is 11.4 Å². The summed E-state index contributed by atoms with van der Waals surface area (Å²) in [6.45, 7) is 13.4. The Balaban J connectivity index is 2.89. The molecule has 0 aliphatic carbocycles. The van der Waals surface area contributed by atoms with E-state index in [2.05, 4.69) is 46.9 Å². The number of rotatable bonds is 5. The molecule has 1 aromatic carbocycles. The van der Waals surface area contributed by atoms with Gasteiger partial charge in [0.05, 0.1) is 0 Å². The second kappa shape index (κ2) is 6.76. The number of benzene rings is 1. The quantitative estimate of drug-likeness (QED) is 0.775. The Morgan fingerprint density at radius 3 is 2.37 bits per heavy atom. The zero-order valence-corrected chi connectivity index (χ0v) is 13.7. The highest BCUT2D eigenvalue weighted by atomic mass is 32.2. The molecule has 0 aliphatic heterocycles. The molecule has 0 fully saturated rings. The van der Waals surface area contributed by atoms with E-state index < -0.39 is 0 Å². The van der Waals surface area contributed by atoms with Gasteiger partial charge in [-0.2, -0.15) is 0 Å². The van der Waals surface area contributed by atoms with Crippen molar-refractivity contribution in [2.45, 2.75) is 63.8 Å². The van der Waals surface area contributed by atoms with Crippen molar-refractivity contribution >= 4 is 11.8 Å². The number of hydrogen-bond donors (Lipinski definition) is 1. The molecule has 3 heteroatoms. The predicted octanol–water partition coefficient (Wildman–Crippen LogP) is 4.85. The Kier molecular flexibility index (Phi) is 5.87. The fourth-order valence-electron chi connectivity index (χ4n) is 1.51. The largest absolute Gasteiger partial charge is 0.308 e. The zero-order chi connectivity index (χ0) is 14.6. The summed E-state index contributed by atoms with van der Waals surface area (Å²) in [5.74, 6) is 0.467. The molecule has 1 aromatic rings. The second-order valence-corrected chi connectivity index (χ2v) is 7.81. The molecule has 0 aromatic heterocycles. The van der Waals surface area contributed by atoms with Gasteiger partial charge in [-0.15, -0.1) is 11.8 Å². The van der Waals surface area contributed by atoms with Crippen LogP contribution >= 0.6 is 11.8 Å². The van der Waals surface area contributed by atoms with Gasteiger partial charge in [-0.1, -0.05) is 26.8 Å². The van der Waals surface area contributed by atoms with Gasteiger partial charge >= 0.3 is 0 Å². The first-order valence-electron chi connectivity index (χ1n) is 6.90. The van der Waals surface area contributed by atoms with E-state index in [9.17, 15) is 4.39 Å². The van der Waals surface area contributed by atoms with Crippen LogP contribution in [0.4, 0.5) is 4.39 Å². The summed E-state index contributed by atoms with van der Waals surface area (Å²) in [4.78, 5) is 1.05. The van der Waals surface area contributed by atoms with Gasteiger partial charge in [0.15, 0.2) is 0 Å². The third-order valence-electron chi connectivity index (χ3n) is 3.12. The van der Waals surface area contributed by atoms with Crippen LogP contribution in [0.3, 0.4) is 0 Å². The molecule has 0 heterocycles. The minimum atomic E-state index is -0.113. The van der Waals surface area contributed by atoms with Gasteiger partial charge in [-0.3, -0.25) is 0 Å². The summed E-state index contributed by atoms with van der Waals surface area (Å²) in [6, 6.07) is 5.36. The SMILES string of the molecule is CC(C)C(C)Sc1cccc(F)c1CNC(C)(C)C. The molecule has 1 rings (SSSR count). The third-order valence-corrected chi connectivity index (χ3v) is 4.68. The lowest BCUT2D eigenvalue weighted by atomic mass is 10.1. The first-order valence-corrected chi connectivity index (χ1v) is 7.77. The van der Waals surface area contributed by atoms with Crippen molar-refractivity contribution in [1.29, 1.82) is 0 Å². The van der Waals surface area contributed by atoms with Crippen molar-refractivity contribution in [3.8, 4) is 0 Å². The maximum absolute atomic E-state index is 14.0. The van der Waals surface area contributed by atoms with Crippen molar-refractivity contribution in [3.05, 3.63) is 29.6 Å². The third kappa shape index (κ3) is 5.53. The Hall–Kier alpha value is -0.540. The molecule has 0 amide bonds. The van der Waals surface area contributed by atoms with E-state index in [4.69, 9.17) is 0 Å². The minimum absolute atomic E-state index is 0.00607. The van der Waals surface area contributed by atoms with Crippen LogP contribution < -0.4 is 5.32 Å². The maximum atomic E-state index is 14.0. The first kappa shape index (κ1) is 16.5. The number of nitrogens with one attached hydrogen (secondary N) is 1. The molecule has 0 radical (unpaired) electrons. The molecule has 0 aliphatic rings. The summed E-state index contributed by atoms with van der Waals surface area (Å²) in [7, 11) is 0. The minimum Gasteiger partial charge on any atom is -0.308 e. The predicted molar refractivity (Wildman–Crippen MR) is 83.1 cm³/mol. The highest BCUT2D eigenvalue weighted by Gasteiger charge is 2.16. The van der Waals surface area contributed by atoms with Crippen molar-refractivity contribution in [2.24, 2.45) is 5.92 Å². The first-order chi connectivity index (χ1) is 8.70. The molecular weight excluding hydrogens is 257 g/mol. The van der Waals surface area contributed by atoms with Crippen LogP contribution in [0, 0.1) is 11.7 Å². The highest BCUT2D eigenvalue weighted by Crippen LogP contribution is 2.31. The van der Waals surface area contributed by atoms with Crippen molar-refractivity contribution in [1.82, 2.24) is 5.32 Å². The van der Waals surface area contributed by atoms with Gasteiger partial charge in [-0.25, -0.2) is 4.39 Å². The Morgan fingerprint density at radius 1 is 1.21 bits per heavy atom. The molecule has 0 saturated carbocycles. The van der Waals surface area contributed by atoms with Gasteiger partial charge in [0.1, 0.15) is 5.82 Å². The van der Waals surface area contributed by atoms with Gasteiger partial charge in [0.25, 0.3) is 0 Å². The van der Waals surface area contributed by atoms with Crippen LogP contribution in [0.15, 0.2) is 23.1 Å². The molecule has 19 heavy (non-hydrogen) atoms. The van der Waals surface area contributed by atoms with Crippen LogP contribution in [0.2, 0.25) is 0 Å². The molecule has 1 atom stereocenters. The smallest absolute Gasteiger partial charge is 0.128 e. The second-order valence-electron chi connectivity index (χ2n) is 6.39. The van der Waals surface area contributed by atoms with Crippen LogP contribution in [0.1, 0.15) is 47.1 Å². The van der Waals surface area contributed by atoms with E-state index in [1.165, 1.54) is 0 Å². The summed E-state index contributed by atoms with van der Waals surface area (Å²) in [5.41, 5.74) is 0.781. The normalized spacial score (nSPS) is 13.9. The van der Waals surface area contributed by atoms with Gasteiger partial charge < -0.3 is 5.32 Å². The van der Waals surface area contributed by atoms with Crippen molar-refractivity contribution in [2.75, 3.05) is 0 Å². The average Bonchev–Trinajstić information content (AvgIpc) is 2.26. The van der Waals surface area contributed by atoms with Crippen molar-refractivity contribution in [3.63, 3.8) is 0 Å². The molecule has 0 bridgehead atoms. The van der Waals surface area contributed by atoms with Crippen LogP contribution in [0.5, 0.6) is 0 Å². The highest BCUT2D eigenvalue weighted by molar-refractivity contribution is 8.00. The molecule has 108 valence electrons. The number of thioether (sulfide) groups is 1. The van der Waals surface area contributed by atoms with Gasteiger partial charge in [0.2, 0.25) is 0 Å². The van der Waals surface area contributed by atoms with E-state index >= 15 is 0 Å². The topological polar surface area (TPSA) is 12.0 Å². The number of halogens is 1. The average molecular weight is 283 g/mol. The Morgan fingerprint density at radius 2 is 1.84 bits per heavy atom. The summed E-state index contributed by atoms with van der Waals surface area (Å²) < 4.78 is 14.0. The molecule has 1 unspecified atom stereocenters. The van der Waals surface area contributed by atoms with E-state index in [0.29, 0.717) is 17.7 Å². The summed E-state index contributed by atoms with van der Waals surface area (Å²) in [6.07, 6.45) is 0. The van der Waals surface area contributed by atoms with Gasteiger partial charge in [0, 0.05) is 27.8 Å². The van der Waals surface area contributed by atoms with Crippen LogP contribution in [-0.2, 0) is 6.54 Å². The molecule has 1 N–H and O–H groups in total. The monoisotopic (exact) mass is 283 g/mol. The lowest BCUT2D eigenvalue weighted by molar-refractivity contribution is 0.416. The van der Waals surface area contributed by atoms with E-state index in [1.807, 2.05) is 6.07 Å². The van der Waals surface area contributed by atoms with Crippen LogP contribution in [-0.4, -0.2) is 10.8 Å². The Labute approximate surface area is 121 Å². The Bertz CT molecular complexity index is 410. The zero-order valence-electron chi connectivity index (χ0n) is 12.9. The van der Waals surface area contributed by atoms with Crippen LogP contribution in [0.25, 0.3) is 0 Å².